The highest BCUT2D eigenvalue weighted by atomic mass is 79.9. The molecule has 0 saturated heterocycles. The summed E-state index contributed by atoms with van der Waals surface area (Å²) >= 11 is 3.33. The Bertz CT molecular complexity index is 369. The van der Waals surface area contributed by atoms with Crippen molar-refractivity contribution in [3.63, 3.8) is 0 Å². The van der Waals surface area contributed by atoms with Crippen LogP contribution in [0.5, 0.6) is 5.75 Å². The summed E-state index contributed by atoms with van der Waals surface area (Å²) in [5.74, 6) is 0.441. The Morgan fingerprint density at radius 3 is 2.81 bits per heavy atom. The molecule has 0 atom stereocenters. The third-order valence-electron chi connectivity index (χ3n) is 2.07. The van der Waals surface area contributed by atoms with Crippen LogP contribution in [0.1, 0.15) is 10.4 Å². The molecule has 0 spiro atoms. The second-order valence-corrected chi connectivity index (χ2v) is 4.12. The average Bonchev–Trinajstić information content (AvgIpc) is 2.29. The van der Waals surface area contributed by atoms with Gasteiger partial charge in [-0.2, -0.15) is 0 Å². The summed E-state index contributed by atoms with van der Waals surface area (Å²) < 4.78 is 6.03. The highest BCUT2D eigenvalue weighted by molar-refractivity contribution is 9.10. The summed E-state index contributed by atoms with van der Waals surface area (Å²) in [6.45, 7) is 1.33. The molecular weight excluding hydrogens is 272 g/mol. The molecule has 2 N–H and O–H groups in total. The number of amides is 1. The molecule has 0 radical (unpaired) electrons. The molecule has 1 amide bonds. The van der Waals surface area contributed by atoms with Crippen molar-refractivity contribution >= 4 is 21.8 Å². The third-order valence-corrected chi connectivity index (χ3v) is 2.56. The molecule has 1 aromatic carbocycles. The fraction of sp³-hybridized carbons (Fsp3) is 0.364. The summed E-state index contributed by atoms with van der Waals surface area (Å²) in [4.78, 5) is 11.8. The summed E-state index contributed by atoms with van der Waals surface area (Å²) in [6.07, 6.45) is 0. The van der Waals surface area contributed by atoms with Crippen LogP contribution in [0.3, 0.4) is 0 Å². The molecule has 0 fully saturated rings. The number of likely N-dealkylation sites (N-methyl/N-ethyl adjacent to an activating group) is 1. The minimum atomic E-state index is -0.125. The first-order valence-electron chi connectivity index (χ1n) is 4.95. The summed E-state index contributed by atoms with van der Waals surface area (Å²) in [6, 6.07) is 5.32. The van der Waals surface area contributed by atoms with Gasteiger partial charge in [0.1, 0.15) is 5.75 Å². The van der Waals surface area contributed by atoms with E-state index in [0.717, 1.165) is 11.0 Å². The zero-order valence-electron chi connectivity index (χ0n) is 9.34. The van der Waals surface area contributed by atoms with Gasteiger partial charge in [-0.1, -0.05) is 15.9 Å². The molecule has 0 aliphatic heterocycles. The van der Waals surface area contributed by atoms with Crippen molar-refractivity contribution in [1.82, 2.24) is 10.6 Å². The standard InChI is InChI=1S/C11H15BrN2O2/c1-13-5-6-14-11(15)9-4-3-8(12)7-10(9)16-2/h3-4,7,13H,5-6H2,1-2H3,(H,14,15). The number of carbonyl (C=O) groups excluding carboxylic acids is 1. The Morgan fingerprint density at radius 1 is 1.44 bits per heavy atom. The lowest BCUT2D eigenvalue weighted by Crippen LogP contribution is -2.30. The number of nitrogens with one attached hydrogen (secondary N) is 2. The Morgan fingerprint density at radius 2 is 2.19 bits per heavy atom. The summed E-state index contributed by atoms with van der Waals surface area (Å²) in [7, 11) is 3.39. The largest absolute Gasteiger partial charge is 0.496 e. The maximum atomic E-state index is 11.8. The molecule has 16 heavy (non-hydrogen) atoms. The quantitative estimate of drug-likeness (QED) is 0.805. The zero-order chi connectivity index (χ0) is 12.0. The van der Waals surface area contributed by atoms with E-state index in [1.54, 1.807) is 19.2 Å². The van der Waals surface area contributed by atoms with Gasteiger partial charge in [0.2, 0.25) is 0 Å². The Labute approximate surface area is 103 Å². The molecule has 0 heterocycles. The van der Waals surface area contributed by atoms with Crippen LogP contribution in [0.4, 0.5) is 0 Å². The SMILES string of the molecule is CNCCNC(=O)c1ccc(Br)cc1OC. The normalized spacial score (nSPS) is 9.94. The molecule has 4 nitrogen and oxygen atoms in total. The van der Waals surface area contributed by atoms with Crippen LogP contribution in [0.25, 0.3) is 0 Å². The predicted octanol–water partition coefficient (Wildman–Crippen LogP) is 1.41. The van der Waals surface area contributed by atoms with Crippen molar-refractivity contribution in [2.24, 2.45) is 0 Å². The monoisotopic (exact) mass is 286 g/mol. The molecule has 88 valence electrons. The van der Waals surface area contributed by atoms with Gasteiger partial charge in [0.25, 0.3) is 5.91 Å². The van der Waals surface area contributed by atoms with Crippen LogP contribution in [-0.2, 0) is 0 Å². The van der Waals surface area contributed by atoms with Crippen molar-refractivity contribution < 1.29 is 9.53 Å². The number of benzene rings is 1. The average molecular weight is 287 g/mol. The molecule has 1 aromatic rings. The van der Waals surface area contributed by atoms with Gasteiger partial charge < -0.3 is 15.4 Å². The highest BCUT2D eigenvalue weighted by Gasteiger charge is 2.11. The smallest absolute Gasteiger partial charge is 0.255 e. The van der Waals surface area contributed by atoms with Crippen molar-refractivity contribution in [2.75, 3.05) is 27.2 Å². The van der Waals surface area contributed by atoms with E-state index >= 15 is 0 Å². The molecule has 0 aliphatic carbocycles. The lowest BCUT2D eigenvalue weighted by molar-refractivity contribution is 0.0951. The summed E-state index contributed by atoms with van der Waals surface area (Å²) in [5, 5.41) is 5.76. The van der Waals surface area contributed by atoms with Gasteiger partial charge in [0, 0.05) is 17.6 Å². The van der Waals surface area contributed by atoms with E-state index in [1.165, 1.54) is 0 Å². The molecule has 0 aliphatic rings. The van der Waals surface area contributed by atoms with Crippen LogP contribution in [0.2, 0.25) is 0 Å². The third kappa shape index (κ3) is 3.50. The van der Waals surface area contributed by atoms with Crippen LogP contribution < -0.4 is 15.4 Å². The van der Waals surface area contributed by atoms with Gasteiger partial charge in [-0.25, -0.2) is 0 Å². The van der Waals surface area contributed by atoms with E-state index in [1.807, 2.05) is 13.1 Å². The Hall–Kier alpha value is -1.07. The van der Waals surface area contributed by atoms with Gasteiger partial charge in [-0.05, 0) is 25.2 Å². The first kappa shape index (κ1) is 13.0. The minimum Gasteiger partial charge on any atom is -0.496 e. The van der Waals surface area contributed by atoms with Gasteiger partial charge >= 0.3 is 0 Å². The molecule has 1 rings (SSSR count). The lowest BCUT2D eigenvalue weighted by atomic mass is 10.2. The molecular formula is C11H15BrN2O2. The zero-order valence-corrected chi connectivity index (χ0v) is 10.9. The predicted molar refractivity (Wildman–Crippen MR) is 67.0 cm³/mol. The maximum Gasteiger partial charge on any atom is 0.255 e. The van der Waals surface area contributed by atoms with Gasteiger partial charge in [0.15, 0.2) is 0 Å². The number of rotatable bonds is 5. The Balaban J connectivity index is 2.74. The summed E-state index contributed by atoms with van der Waals surface area (Å²) in [5.41, 5.74) is 0.543. The van der Waals surface area contributed by atoms with E-state index < -0.39 is 0 Å². The van der Waals surface area contributed by atoms with E-state index in [2.05, 4.69) is 26.6 Å². The fourth-order valence-electron chi connectivity index (χ4n) is 1.25. The van der Waals surface area contributed by atoms with E-state index in [4.69, 9.17) is 4.74 Å². The number of carbonyl (C=O) groups is 1. The number of ether oxygens (including phenoxy) is 1. The van der Waals surface area contributed by atoms with E-state index in [9.17, 15) is 4.79 Å². The van der Waals surface area contributed by atoms with Gasteiger partial charge in [-0.3, -0.25) is 4.79 Å². The first-order valence-corrected chi connectivity index (χ1v) is 5.74. The molecule has 0 bridgehead atoms. The highest BCUT2D eigenvalue weighted by Crippen LogP contribution is 2.23. The minimum absolute atomic E-state index is 0.125. The maximum absolute atomic E-state index is 11.8. The van der Waals surface area contributed by atoms with Crippen LogP contribution in [0.15, 0.2) is 22.7 Å². The molecule has 0 saturated carbocycles. The second-order valence-electron chi connectivity index (χ2n) is 3.20. The van der Waals surface area contributed by atoms with E-state index in [0.29, 0.717) is 17.9 Å². The number of halogens is 1. The van der Waals surface area contributed by atoms with Crippen molar-refractivity contribution in [2.45, 2.75) is 0 Å². The van der Waals surface area contributed by atoms with Crippen LogP contribution in [0, 0.1) is 0 Å². The van der Waals surface area contributed by atoms with Crippen LogP contribution in [-0.4, -0.2) is 33.2 Å². The van der Waals surface area contributed by atoms with Crippen molar-refractivity contribution in [3.05, 3.63) is 28.2 Å². The Kier molecular flexibility index (Phi) is 5.28. The molecule has 0 aromatic heterocycles. The molecule has 0 unspecified atom stereocenters. The number of hydrogen-bond acceptors (Lipinski definition) is 3. The molecule has 5 heteroatoms. The lowest BCUT2D eigenvalue weighted by Gasteiger charge is -2.09. The topological polar surface area (TPSA) is 50.4 Å². The van der Waals surface area contributed by atoms with Gasteiger partial charge in [0.05, 0.1) is 12.7 Å². The van der Waals surface area contributed by atoms with Crippen molar-refractivity contribution in [1.29, 1.82) is 0 Å². The number of methoxy groups -OCH3 is 1. The van der Waals surface area contributed by atoms with Gasteiger partial charge in [-0.15, -0.1) is 0 Å². The first-order chi connectivity index (χ1) is 7.69. The van der Waals surface area contributed by atoms with Crippen molar-refractivity contribution in [3.8, 4) is 5.75 Å². The van der Waals surface area contributed by atoms with Crippen LogP contribution >= 0.6 is 15.9 Å². The number of hydrogen-bond donors (Lipinski definition) is 2. The second kappa shape index (κ2) is 6.50. The van der Waals surface area contributed by atoms with E-state index in [-0.39, 0.29) is 5.91 Å². The fourth-order valence-corrected chi connectivity index (χ4v) is 1.59.